The lowest BCUT2D eigenvalue weighted by Gasteiger charge is -2.44. The topological polar surface area (TPSA) is 88.3 Å². The highest BCUT2D eigenvalue weighted by Crippen LogP contribution is 2.58. The van der Waals surface area contributed by atoms with E-state index in [9.17, 15) is 18.8 Å². The van der Waals surface area contributed by atoms with Gasteiger partial charge in [-0.3, -0.25) is 14.4 Å². The first-order chi connectivity index (χ1) is 14.5. The van der Waals surface area contributed by atoms with E-state index >= 15 is 0 Å². The first kappa shape index (κ1) is 19.1. The highest BCUT2D eigenvalue weighted by Gasteiger charge is 2.57. The predicted molar refractivity (Wildman–Crippen MR) is 112 cm³/mol. The minimum absolute atomic E-state index is 0.124. The van der Waals surface area contributed by atoms with Crippen molar-refractivity contribution in [2.24, 2.45) is 5.41 Å². The zero-order chi connectivity index (χ0) is 20.9. The molecule has 1 aromatic heterocycles. The Hall–Kier alpha value is -2.91. The van der Waals surface area contributed by atoms with Gasteiger partial charge in [0.1, 0.15) is 11.6 Å². The number of carbonyl (C=O) groups excluding carboxylic acids is 2. The van der Waals surface area contributed by atoms with Crippen molar-refractivity contribution in [1.29, 1.82) is 0 Å². The number of thioether (sulfide) groups is 1. The molecule has 0 aliphatic carbocycles. The van der Waals surface area contributed by atoms with Gasteiger partial charge in [-0.05, 0) is 30.3 Å². The van der Waals surface area contributed by atoms with Crippen LogP contribution in [0.3, 0.4) is 0 Å². The monoisotopic (exact) mass is 442 g/mol. The molecule has 2 aliphatic rings. The summed E-state index contributed by atoms with van der Waals surface area (Å²) in [7, 11) is 0. The van der Waals surface area contributed by atoms with Crippen LogP contribution in [-0.2, 0) is 9.59 Å². The van der Waals surface area contributed by atoms with Gasteiger partial charge in [-0.15, -0.1) is 11.8 Å². The fourth-order valence-corrected chi connectivity index (χ4v) is 6.58. The third-order valence-electron chi connectivity index (χ3n) is 5.37. The first-order valence-electron chi connectivity index (χ1n) is 9.19. The maximum Gasteiger partial charge on any atom is 0.319 e. The number of thiazole rings is 1. The van der Waals surface area contributed by atoms with Crippen molar-refractivity contribution in [3.8, 4) is 5.75 Å². The molecule has 6 nitrogen and oxygen atoms in total. The number of ether oxygens (including phenoxy) is 1. The van der Waals surface area contributed by atoms with Crippen LogP contribution < -0.4 is 14.9 Å². The lowest BCUT2D eigenvalue weighted by Crippen LogP contribution is -2.49. The van der Waals surface area contributed by atoms with Crippen molar-refractivity contribution in [3.63, 3.8) is 0 Å². The number of para-hydroxylation sites is 1. The average molecular weight is 442 g/mol. The van der Waals surface area contributed by atoms with Gasteiger partial charge < -0.3 is 15.0 Å². The van der Waals surface area contributed by atoms with Gasteiger partial charge in [0, 0.05) is 34.2 Å². The van der Waals surface area contributed by atoms with Gasteiger partial charge in [0.05, 0.1) is 10.4 Å². The summed E-state index contributed by atoms with van der Waals surface area (Å²) in [5.74, 6) is -0.997. The zero-order valence-corrected chi connectivity index (χ0v) is 17.1. The number of H-pyrrole nitrogens is 1. The summed E-state index contributed by atoms with van der Waals surface area (Å²) >= 11 is 2.41. The number of halogens is 1. The van der Waals surface area contributed by atoms with E-state index in [2.05, 4.69) is 10.3 Å². The molecule has 0 unspecified atom stereocenters. The molecule has 0 radical (unpaired) electrons. The Bertz CT molecular complexity index is 1220. The molecule has 3 heterocycles. The van der Waals surface area contributed by atoms with Crippen LogP contribution in [0.2, 0.25) is 0 Å². The van der Waals surface area contributed by atoms with Gasteiger partial charge in [0.25, 0.3) is 0 Å². The summed E-state index contributed by atoms with van der Waals surface area (Å²) in [6.07, 6.45) is -0.124. The number of aromatic amines is 1. The zero-order valence-electron chi connectivity index (χ0n) is 15.4. The van der Waals surface area contributed by atoms with E-state index in [1.54, 1.807) is 12.1 Å². The van der Waals surface area contributed by atoms with Gasteiger partial charge in [-0.2, -0.15) is 0 Å². The van der Waals surface area contributed by atoms with Crippen LogP contribution in [-0.4, -0.2) is 22.6 Å². The van der Waals surface area contributed by atoms with E-state index in [0.29, 0.717) is 17.2 Å². The molecule has 3 aromatic rings. The van der Waals surface area contributed by atoms with Crippen molar-refractivity contribution in [1.82, 2.24) is 4.98 Å². The van der Waals surface area contributed by atoms with Crippen LogP contribution in [0.1, 0.15) is 22.8 Å². The summed E-state index contributed by atoms with van der Waals surface area (Å²) in [5, 5.41) is 3.46. The molecule has 2 aromatic carbocycles. The quantitative estimate of drug-likeness (QED) is 0.477. The smallest absolute Gasteiger partial charge is 0.319 e. The second-order valence-electron chi connectivity index (χ2n) is 7.24. The fourth-order valence-electron chi connectivity index (χ4n) is 4.04. The van der Waals surface area contributed by atoms with Crippen LogP contribution in [0.25, 0.3) is 0 Å². The summed E-state index contributed by atoms with van der Waals surface area (Å²) < 4.78 is 18.8. The Balaban J connectivity index is 1.56. The second-order valence-corrected chi connectivity index (χ2v) is 9.25. The molecule has 2 aliphatic heterocycles. The molecule has 0 spiro atoms. The van der Waals surface area contributed by atoms with Gasteiger partial charge in [-0.1, -0.05) is 29.5 Å². The normalized spacial score (nSPS) is 21.8. The van der Waals surface area contributed by atoms with Crippen molar-refractivity contribution < 1.29 is 18.7 Å². The van der Waals surface area contributed by atoms with Crippen molar-refractivity contribution in [2.45, 2.75) is 17.4 Å². The van der Waals surface area contributed by atoms with E-state index in [4.69, 9.17) is 4.74 Å². The number of esters is 1. The highest BCUT2D eigenvalue weighted by molar-refractivity contribution is 7.99. The summed E-state index contributed by atoms with van der Waals surface area (Å²) in [6, 6.07) is 12.6. The number of nitrogens with one attached hydrogen (secondary N) is 2. The molecule has 1 amide bonds. The molecule has 152 valence electrons. The maximum absolute atomic E-state index is 13.2. The Kier molecular flexibility index (Phi) is 4.52. The number of aromatic nitrogens is 1. The van der Waals surface area contributed by atoms with Gasteiger partial charge in [0.15, 0.2) is 0 Å². The van der Waals surface area contributed by atoms with Crippen LogP contribution in [0.15, 0.2) is 58.4 Å². The number of amides is 1. The maximum atomic E-state index is 13.2. The Morgan fingerprint density at radius 3 is 2.77 bits per heavy atom. The van der Waals surface area contributed by atoms with Crippen molar-refractivity contribution in [3.05, 3.63) is 74.5 Å². The van der Waals surface area contributed by atoms with Crippen LogP contribution >= 0.6 is 23.1 Å². The molecule has 0 fully saturated rings. The Labute approximate surface area is 178 Å². The fraction of sp³-hybridized carbons (Fsp3) is 0.190. The number of hydrogen-bond donors (Lipinski definition) is 2. The number of anilines is 1. The first-order valence-corrected chi connectivity index (χ1v) is 11.0. The van der Waals surface area contributed by atoms with Gasteiger partial charge in [0.2, 0.25) is 5.91 Å². The number of benzene rings is 2. The predicted octanol–water partition coefficient (Wildman–Crippen LogP) is 3.75. The standard InChI is InChI=1S/C21H15FN2O4S2/c22-11-5-7-12(8-6-11)23-15(25)9-21-10-29-18-17(30-20(27)24-18)16(21)13-3-1-2-4-14(13)28-19(21)26/h1-8,16H,9-10H2,(H,23,25)(H,24,27)/t16-,21+/m0/s1. The molecule has 9 heteroatoms. The molecule has 5 rings (SSSR count). The highest BCUT2D eigenvalue weighted by atomic mass is 32.2. The molecule has 2 N–H and O–H groups in total. The molecule has 0 saturated carbocycles. The largest absolute Gasteiger partial charge is 0.426 e. The van der Waals surface area contributed by atoms with E-state index < -0.39 is 23.1 Å². The van der Waals surface area contributed by atoms with E-state index in [0.717, 1.165) is 26.8 Å². The molecular weight excluding hydrogens is 427 g/mol. The third-order valence-corrected chi connectivity index (χ3v) is 7.72. The molecule has 0 saturated heterocycles. The SMILES string of the molecule is O=C(C[C@@]12CSc3[nH]c(=O)sc3[C@@H]1c1ccccc1OC2=O)Nc1ccc(F)cc1. The molecular formula is C21H15FN2O4S2. The summed E-state index contributed by atoms with van der Waals surface area (Å²) in [6.45, 7) is 0. The van der Waals surface area contributed by atoms with Crippen LogP contribution in [0.4, 0.5) is 10.1 Å². The van der Waals surface area contributed by atoms with E-state index in [1.165, 1.54) is 36.0 Å². The van der Waals surface area contributed by atoms with Crippen molar-refractivity contribution >= 4 is 40.7 Å². The lowest BCUT2D eigenvalue weighted by atomic mass is 9.68. The van der Waals surface area contributed by atoms with Crippen LogP contribution in [0.5, 0.6) is 5.75 Å². The van der Waals surface area contributed by atoms with E-state index in [1.807, 2.05) is 12.1 Å². The molecule has 30 heavy (non-hydrogen) atoms. The van der Waals surface area contributed by atoms with E-state index in [-0.39, 0.29) is 17.2 Å². The van der Waals surface area contributed by atoms with Crippen LogP contribution in [0, 0.1) is 11.2 Å². The second kappa shape index (κ2) is 7.10. The summed E-state index contributed by atoms with van der Waals surface area (Å²) in [5.41, 5.74) is 0.0687. The van der Waals surface area contributed by atoms with Crippen molar-refractivity contribution in [2.75, 3.05) is 11.1 Å². The third kappa shape index (κ3) is 3.05. The number of rotatable bonds is 3. The van der Waals surface area contributed by atoms with Gasteiger partial charge >= 0.3 is 10.8 Å². The average Bonchev–Trinajstić information content (AvgIpc) is 3.10. The Morgan fingerprint density at radius 2 is 1.97 bits per heavy atom. The minimum Gasteiger partial charge on any atom is -0.426 e. The number of carbonyl (C=O) groups is 2. The number of fused-ring (bicyclic) bond motifs is 5. The summed E-state index contributed by atoms with van der Waals surface area (Å²) in [4.78, 5) is 41.5. The number of hydrogen-bond acceptors (Lipinski definition) is 6. The lowest BCUT2D eigenvalue weighted by molar-refractivity contribution is -0.149. The van der Waals surface area contributed by atoms with Gasteiger partial charge in [-0.25, -0.2) is 4.39 Å². The molecule has 0 bridgehead atoms. The minimum atomic E-state index is -1.15. The molecule has 2 atom stereocenters. The Morgan fingerprint density at radius 1 is 1.20 bits per heavy atom.